The van der Waals surface area contributed by atoms with Crippen molar-refractivity contribution in [2.24, 2.45) is 0 Å². The fourth-order valence-electron chi connectivity index (χ4n) is 3.02. The highest BCUT2D eigenvalue weighted by molar-refractivity contribution is 7.99. The molecule has 0 aliphatic carbocycles. The van der Waals surface area contributed by atoms with Crippen LogP contribution in [0.2, 0.25) is 0 Å². The molecular formula is C20H26N4OS. The number of amides is 1. The van der Waals surface area contributed by atoms with Crippen molar-refractivity contribution in [3.8, 4) is 0 Å². The molecule has 0 unspecified atom stereocenters. The van der Waals surface area contributed by atoms with Crippen LogP contribution in [0, 0.1) is 0 Å². The van der Waals surface area contributed by atoms with Crippen LogP contribution in [0.5, 0.6) is 0 Å². The maximum Gasteiger partial charge on any atom is 0.234 e. The van der Waals surface area contributed by atoms with E-state index in [4.69, 9.17) is 0 Å². The Morgan fingerprint density at radius 1 is 1.04 bits per heavy atom. The van der Waals surface area contributed by atoms with Crippen molar-refractivity contribution in [3.05, 3.63) is 42.0 Å². The third kappa shape index (κ3) is 5.46. The first-order valence-electron chi connectivity index (χ1n) is 9.35. The minimum atomic E-state index is -0.0300. The molecule has 1 aliphatic rings. The molecule has 2 aromatic rings. The molecule has 26 heavy (non-hydrogen) atoms. The van der Waals surface area contributed by atoms with Gasteiger partial charge in [0.1, 0.15) is 5.03 Å². The molecule has 0 spiro atoms. The number of anilines is 2. The number of hydrogen-bond acceptors (Lipinski definition) is 5. The standard InChI is InChI=1S/C20H26N4OS/c1-2-16-7-9-17(10-8-16)21-19(25)15-26-20-12-11-18(22-23-20)24-13-5-3-4-6-14-24/h7-12H,2-6,13-15H2,1H3,(H,21,25). The van der Waals surface area contributed by atoms with Crippen LogP contribution in [0.3, 0.4) is 0 Å². The van der Waals surface area contributed by atoms with Crippen molar-refractivity contribution in [3.63, 3.8) is 0 Å². The van der Waals surface area contributed by atoms with Gasteiger partial charge in [0.05, 0.1) is 5.75 Å². The van der Waals surface area contributed by atoms with Crippen LogP contribution in [-0.4, -0.2) is 34.9 Å². The Morgan fingerprint density at radius 3 is 2.38 bits per heavy atom. The highest BCUT2D eigenvalue weighted by Crippen LogP contribution is 2.20. The summed E-state index contributed by atoms with van der Waals surface area (Å²) in [6.07, 6.45) is 6.04. The molecule has 1 saturated heterocycles. The number of rotatable bonds is 6. The van der Waals surface area contributed by atoms with Gasteiger partial charge in [-0.2, -0.15) is 0 Å². The second kappa shape index (κ2) is 9.57. The predicted molar refractivity (Wildman–Crippen MR) is 108 cm³/mol. The average molecular weight is 371 g/mol. The summed E-state index contributed by atoms with van der Waals surface area (Å²) < 4.78 is 0. The Hall–Kier alpha value is -2.08. The summed E-state index contributed by atoms with van der Waals surface area (Å²) in [4.78, 5) is 14.4. The smallest absolute Gasteiger partial charge is 0.234 e. The van der Waals surface area contributed by atoms with Gasteiger partial charge in [-0.1, -0.05) is 43.7 Å². The molecule has 1 N–H and O–H groups in total. The minimum absolute atomic E-state index is 0.0300. The minimum Gasteiger partial charge on any atom is -0.355 e. The highest BCUT2D eigenvalue weighted by Gasteiger charge is 2.12. The summed E-state index contributed by atoms with van der Waals surface area (Å²) in [7, 11) is 0. The summed E-state index contributed by atoms with van der Waals surface area (Å²) in [5, 5.41) is 12.3. The number of thioether (sulfide) groups is 1. The van der Waals surface area contributed by atoms with Gasteiger partial charge in [0.15, 0.2) is 5.82 Å². The molecule has 0 radical (unpaired) electrons. The summed E-state index contributed by atoms with van der Waals surface area (Å²) in [6.45, 7) is 4.23. The molecule has 5 nitrogen and oxygen atoms in total. The second-order valence-electron chi connectivity index (χ2n) is 6.52. The van der Waals surface area contributed by atoms with Crippen molar-refractivity contribution in [1.29, 1.82) is 0 Å². The molecule has 0 saturated carbocycles. The number of aromatic nitrogens is 2. The van der Waals surface area contributed by atoms with E-state index >= 15 is 0 Å². The van der Waals surface area contributed by atoms with Crippen molar-refractivity contribution in [2.75, 3.05) is 29.1 Å². The van der Waals surface area contributed by atoms with Gasteiger partial charge in [0, 0.05) is 18.8 Å². The maximum absolute atomic E-state index is 12.1. The SMILES string of the molecule is CCc1ccc(NC(=O)CSc2ccc(N3CCCCCC3)nn2)cc1. The molecule has 6 heteroatoms. The van der Waals surface area contributed by atoms with Gasteiger partial charge in [-0.3, -0.25) is 4.79 Å². The second-order valence-corrected chi connectivity index (χ2v) is 7.51. The molecule has 1 aliphatic heterocycles. The first-order valence-corrected chi connectivity index (χ1v) is 10.3. The first-order chi connectivity index (χ1) is 12.7. The summed E-state index contributed by atoms with van der Waals surface area (Å²) in [6, 6.07) is 11.9. The first kappa shape index (κ1) is 18.7. The number of carbonyl (C=O) groups is 1. The van der Waals surface area contributed by atoms with Gasteiger partial charge in [-0.15, -0.1) is 10.2 Å². The highest BCUT2D eigenvalue weighted by atomic mass is 32.2. The number of hydrogen-bond donors (Lipinski definition) is 1. The van der Waals surface area contributed by atoms with Crippen LogP contribution in [0.4, 0.5) is 11.5 Å². The van der Waals surface area contributed by atoms with Gasteiger partial charge in [-0.05, 0) is 49.1 Å². The molecule has 3 rings (SSSR count). The van der Waals surface area contributed by atoms with Crippen LogP contribution in [0.1, 0.15) is 38.2 Å². The van der Waals surface area contributed by atoms with Gasteiger partial charge in [0.25, 0.3) is 0 Å². The number of carbonyl (C=O) groups excluding carboxylic acids is 1. The van der Waals surface area contributed by atoms with E-state index in [0.29, 0.717) is 5.75 Å². The van der Waals surface area contributed by atoms with Gasteiger partial charge in [-0.25, -0.2) is 0 Å². The summed E-state index contributed by atoms with van der Waals surface area (Å²) >= 11 is 1.41. The number of nitrogens with zero attached hydrogens (tertiary/aromatic N) is 3. The predicted octanol–water partition coefficient (Wildman–Crippen LogP) is 4.15. The summed E-state index contributed by atoms with van der Waals surface area (Å²) in [5.41, 5.74) is 2.09. The Morgan fingerprint density at radius 2 is 1.77 bits per heavy atom. The Balaban J connectivity index is 1.48. The molecule has 0 atom stereocenters. The van der Waals surface area contributed by atoms with Crippen molar-refractivity contribution in [2.45, 2.75) is 44.1 Å². The molecule has 138 valence electrons. The lowest BCUT2D eigenvalue weighted by Crippen LogP contribution is -2.25. The number of aryl methyl sites for hydroxylation is 1. The lowest BCUT2D eigenvalue weighted by molar-refractivity contribution is -0.113. The van der Waals surface area contributed by atoms with E-state index in [-0.39, 0.29) is 5.91 Å². The van der Waals surface area contributed by atoms with E-state index < -0.39 is 0 Å². The quantitative estimate of drug-likeness (QED) is 0.774. The largest absolute Gasteiger partial charge is 0.355 e. The van der Waals surface area contributed by atoms with E-state index in [1.165, 1.54) is 43.0 Å². The van der Waals surface area contributed by atoms with Gasteiger partial charge < -0.3 is 10.2 Å². The van der Waals surface area contributed by atoms with Crippen LogP contribution >= 0.6 is 11.8 Å². The zero-order valence-electron chi connectivity index (χ0n) is 15.3. The van der Waals surface area contributed by atoms with Crippen molar-refractivity contribution in [1.82, 2.24) is 10.2 Å². The fourth-order valence-corrected chi connectivity index (χ4v) is 3.63. The Bertz CT molecular complexity index is 695. The molecule has 1 fully saturated rings. The lowest BCUT2D eigenvalue weighted by atomic mass is 10.1. The van der Waals surface area contributed by atoms with Crippen molar-refractivity contribution >= 4 is 29.2 Å². The third-order valence-corrected chi connectivity index (χ3v) is 5.47. The normalized spacial score (nSPS) is 14.7. The molecule has 2 heterocycles. The van der Waals surface area contributed by atoms with Crippen LogP contribution in [0.25, 0.3) is 0 Å². The molecule has 1 amide bonds. The molecular weight excluding hydrogens is 344 g/mol. The van der Waals surface area contributed by atoms with E-state index in [1.54, 1.807) is 0 Å². The fraction of sp³-hybridized carbons (Fsp3) is 0.450. The lowest BCUT2D eigenvalue weighted by Gasteiger charge is -2.20. The number of benzene rings is 1. The summed E-state index contributed by atoms with van der Waals surface area (Å²) in [5.74, 6) is 1.24. The van der Waals surface area contributed by atoms with E-state index in [9.17, 15) is 4.79 Å². The van der Waals surface area contributed by atoms with Gasteiger partial charge in [0.2, 0.25) is 5.91 Å². The third-order valence-electron chi connectivity index (χ3n) is 4.55. The topological polar surface area (TPSA) is 58.1 Å². The maximum atomic E-state index is 12.1. The molecule has 0 bridgehead atoms. The Kier molecular flexibility index (Phi) is 6.89. The Labute approximate surface area is 159 Å². The van der Waals surface area contributed by atoms with Crippen LogP contribution in [-0.2, 0) is 11.2 Å². The average Bonchev–Trinajstić information content (AvgIpc) is 2.97. The van der Waals surface area contributed by atoms with E-state index in [1.807, 2.05) is 36.4 Å². The van der Waals surface area contributed by atoms with E-state index in [0.717, 1.165) is 36.0 Å². The molecule has 1 aromatic heterocycles. The zero-order valence-corrected chi connectivity index (χ0v) is 16.1. The van der Waals surface area contributed by atoms with Gasteiger partial charge >= 0.3 is 0 Å². The number of nitrogens with one attached hydrogen (secondary N) is 1. The van der Waals surface area contributed by atoms with Crippen molar-refractivity contribution < 1.29 is 4.79 Å². The van der Waals surface area contributed by atoms with Crippen LogP contribution in [0.15, 0.2) is 41.4 Å². The molecule has 1 aromatic carbocycles. The monoisotopic (exact) mass is 370 g/mol. The zero-order chi connectivity index (χ0) is 18.2. The van der Waals surface area contributed by atoms with E-state index in [2.05, 4.69) is 27.3 Å². The van der Waals surface area contributed by atoms with Crippen LogP contribution < -0.4 is 10.2 Å².